The lowest BCUT2D eigenvalue weighted by Crippen LogP contribution is -2.29. The smallest absolute Gasteiger partial charge is 0.314 e. The molecule has 114 valence electrons. The molecule has 2 aromatic rings. The summed E-state index contributed by atoms with van der Waals surface area (Å²) in [5.74, 6) is -1.09. The molecule has 0 bridgehead atoms. The zero-order chi connectivity index (χ0) is 16.1. The molecule has 4 heteroatoms. The molecule has 2 aromatic carbocycles. The van der Waals surface area contributed by atoms with Crippen molar-refractivity contribution in [1.29, 1.82) is 0 Å². The minimum Gasteiger partial charge on any atom is -0.318 e. The molecule has 2 amide bonds. The SMILES string of the molecule is Cc1cccc(NC(=O)C(=O)Nc2ccccc2C(C)C)c1. The van der Waals surface area contributed by atoms with Crippen LogP contribution in [0.2, 0.25) is 0 Å². The summed E-state index contributed by atoms with van der Waals surface area (Å²) in [6, 6.07) is 14.8. The molecule has 4 nitrogen and oxygen atoms in total. The number of anilines is 2. The summed E-state index contributed by atoms with van der Waals surface area (Å²) in [4.78, 5) is 24.0. The summed E-state index contributed by atoms with van der Waals surface area (Å²) >= 11 is 0. The van der Waals surface area contributed by atoms with Crippen molar-refractivity contribution in [2.75, 3.05) is 10.6 Å². The molecule has 2 N–H and O–H groups in total. The number of benzene rings is 2. The van der Waals surface area contributed by atoms with Gasteiger partial charge in [-0.1, -0.05) is 44.2 Å². The highest BCUT2D eigenvalue weighted by atomic mass is 16.2. The number of aryl methyl sites for hydroxylation is 1. The third-order valence-electron chi connectivity index (χ3n) is 3.31. The fourth-order valence-electron chi connectivity index (χ4n) is 2.20. The van der Waals surface area contributed by atoms with Crippen molar-refractivity contribution in [2.45, 2.75) is 26.7 Å². The second kappa shape index (κ2) is 6.89. The Bertz CT molecular complexity index is 693. The maximum Gasteiger partial charge on any atom is 0.314 e. The van der Waals surface area contributed by atoms with Crippen LogP contribution in [0.15, 0.2) is 48.5 Å². The van der Waals surface area contributed by atoms with Gasteiger partial charge in [-0.15, -0.1) is 0 Å². The molecule has 0 radical (unpaired) electrons. The van der Waals surface area contributed by atoms with Gasteiger partial charge in [0.1, 0.15) is 0 Å². The van der Waals surface area contributed by atoms with Gasteiger partial charge < -0.3 is 10.6 Å². The summed E-state index contributed by atoms with van der Waals surface area (Å²) in [6.07, 6.45) is 0. The quantitative estimate of drug-likeness (QED) is 0.849. The average molecular weight is 296 g/mol. The van der Waals surface area contributed by atoms with Gasteiger partial charge in [0.2, 0.25) is 0 Å². The van der Waals surface area contributed by atoms with Gasteiger partial charge in [0.05, 0.1) is 0 Å². The molecule has 0 spiro atoms. The number of carbonyl (C=O) groups is 2. The van der Waals surface area contributed by atoms with Crippen LogP contribution in [0.3, 0.4) is 0 Å². The summed E-state index contributed by atoms with van der Waals surface area (Å²) in [5, 5.41) is 5.28. The number of hydrogen-bond donors (Lipinski definition) is 2. The molecule has 0 aliphatic carbocycles. The highest BCUT2D eigenvalue weighted by Crippen LogP contribution is 2.23. The van der Waals surface area contributed by atoms with Gasteiger partial charge in [0.15, 0.2) is 0 Å². The van der Waals surface area contributed by atoms with Crippen molar-refractivity contribution in [2.24, 2.45) is 0 Å². The zero-order valence-electron chi connectivity index (χ0n) is 13.0. The maximum absolute atomic E-state index is 12.1. The van der Waals surface area contributed by atoms with Crippen LogP contribution in [0.25, 0.3) is 0 Å². The van der Waals surface area contributed by atoms with E-state index in [1.54, 1.807) is 12.1 Å². The molecule has 0 heterocycles. The Kier molecular flexibility index (Phi) is 4.94. The van der Waals surface area contributed by atoms with Gasteiger partial charge in [-0.3, -0.25) is 9.59 Å². The van der Waals surface area contributed by atoms with Gasteiger partial charge in [-0.25, -0.2) is 0 Å². The largest absolute Gasteiger partial charge is 0.318 e. The number of amides is 2. The molecular formula is C18H20N2O2. The Hall–Kier alpha value is -2.62. The third-order valence-corrected chi connectivity index (χ3v) is 3.31. The van der Waals surface area contributed by atoms with E-state index in [4.69, 9.17) is 0 Å². The first-order chi connectivity index (χ1) is 10.5. The van der Waals surface area contributed by atoms with E-state index >= 15 is 0 Å². The van der Waals surface area contributed by atoms with Gasteiger partial charge >= 0.3 is 11.8 Å². The van der Waals surface area contributed by atoms with Crippen LogP contribution in [0.1, 0.15) is 30.9 Å². The van der Waals surface area contributed by atoms with Crippen LogP contribution in [-0.4, -0.2) is 11.8 Å². The fraction of sp³-hybridized carbons (Fsp3) is 0.222. The maximum atomic E-state index is 12.1. The zero-order valence-corrected chi connectivity index (χ0v) is 13.0. The van der Waals surface area contributed by atoms with E-state index in [1.165, 1.54) is 0 Å². The van der Waals surface area contributed by atoms with Crippen LogP contribution in [0.5, 0.6) is 0 Å². The summed E-state index contributed by atoms with van der Waals surface area (Å²) < 4.78 is 0. The molecule has 0 saturated heterocycles. The summed E-state index contributed by atoms with van der Waals surface area (Å²) in [7, 11) is 0. The number of carbonyl (C=O) groups excluding carboxylic acids is 2. The Morgan fingerprint density at radius 1 is 0.909 bits per heavy atom. The minimum atomic E-state index is -0.677. The normalized spacial score (nSPS) is 10.4. The molecule has 0 saturated carbocycles. The fourth-order valence-corrected chi connectivity index (χ4v) is 2.20. The van der Waals surface area contributed by atoms with Gasteiger partial charge in [-0.05, 0) is 42.2 Å². The molecule has 0 unspecified atom stereocenters. The van der Waals surface area contributed by atoms with Crippen molar-refractivity contribution in [3.05, 3.63) is 59.7 Å². The number of nitrogens with one attached hydrogen (secondary N) is 2. The standard InChI is InChI=1S/C18H20N2O2/c1-12(2)15-9-4-5-10-16(15)20-18(22)17(21)19-14-8-6-7-13(3)11-14/h4-12H,1-3H3,(H,19,21)(H,20,22). The summed E-state index contributed by atoms with van der Waals surface area (Å²) in [5.41, 5.74) is 3.29. The van der Waals surface area contributed by atoms with E-state index in [0.29, 0.717) is 11.4 Å². The molecule has 2 rings (SSSR count). The van der Waals surface area contributed by atoms with Crippen molar-refractivity contribution in [1.82, 2.24) is 0 Å². The van der Waals surface area contributed by atoms with E-state index in [1.807, 2.05) is 57.2 Å². The lowest BCUT2D eigenvalue weighted by molar-refractivity contribution is -0.133. The van der Waals surface area contributed by atoms with Gasteiger partial charge in [-0.2, -0.15) is 0 Å². The second-order valence-corrected chi connectivity index (χ2v) is 5.52. The van der Waals surface area contributed by atoms with Crippen molar-refractivity contribution in [3.63, 3.8) is 0 Å². The molecular weight excluding hydrogens is 276 g/mol. The third kappa shape index (κ3) is 3.95. The Morgan fingerprint density at radius 3 is 2.27 bits per heavy atom. The first-order valence-electron chi connectivity index (χ1n) is 7.25. The second-order valence-electron chi connectivity index (χ2n) is 5.52. The monoisotopic (exact) mass is 296 g/mol. The van der Waals surface area contributed by atoms with Crippen LogP contribution in [0, 0.1) is 6.92 Å². The average Bonchev–Trinajstić information content (AvgIpc) is 2.47. The van der Waals surface area contributed by atoms with Gasteiger partial charge in [0, 0.05) is 11.4 Å². The first-order valence-corrected chi connectivity index (χ1v) is 7.25. The van der Waals surface area contributed by atoms with Crippen LogP contribution >= 0.6 is 0 Å². The van der Waals surface area contributed by atoms with Crippen LogP contribution in [-0.2, 0) is 9.59 Å². The topological polar surface area (TPSA) is 58.2 Å². The Labute approximate surface area is 130 Å². The molecule has 0 aliphatic heterocycles. The van der Waals surface area contributed by atoms with E-state index in [0.717, 1.165) is 11.1 Å². The molecule has 0 fully saturated rings. The minimum absolute atomic E-state index is 0.260. The molecule has 0 aromatic heterocycles. The predicted octanol–water partition coefficient (Wildman–Crippen LogP) is 3.70. The predicted molar refractivity (Wildman–Crippen MR) is 89.0 cm³/mol. The van der Waals surface area contributed by atoms with E-state index in [9.17, 15) is 9.59 Å². The Balaban J connectivity index is 2.08. The highest BCUT2D eigenvalue weighted by Gasteiger charge is 2.16. The van der Waals surface area contributed by atoms with Crippen molar-refractivity contribution < 1.29 is 9.59 Å². The molecule has 22 heavy (non-hydrogen) atoms. The molecule has 0 aliphatic rings. The lowest BCUT2D eigenvalue weighted by atomic mass is 10.0. The van der Waals surface area contributed by atoms with Crippen LogP contribution in [0.4, 0.5) is 11.4 Å². The Morgan fingerprint density at radius 2 is 1.59 bits per heavy atom. The van der Waals surface area contributed by atoms with E-state index in [-0.39, 0.29) is 5.92 Å². The van der Waals surface area contributed by atoms with Crippen molar-refractivity contribution >= 4 is 23.2 Å². The number of hydrogen-bond acceptors (Lipinski definition) is 2. The highest BCUT2D eigenvalue weighted by molar-refractivity contribution is 6.43. The van der Waals surface area contributed by atoms with Crippen molar-refractivity contribution in [3.8, 4) is 0 Å². The van der Waals surface area contributed by atoms with E-state index < -0.39 is 11.8 Å². The number of para-hydroxylation sites is 1. The first kappa shape index (κ1) is 15.8. The number of rotatable bonds is 3. The lowest BCUT2D eigenvalue weighted by Gasteiger charge is -2.13. The summed E-state index contributed by atoms with van der Waals surface area (Å²) in [6.45, 7) is 6.00. The molecule has 0 atom stereocenters. The van der Waals surface area contributed by atoms with Gasteiger partial charge in [0.25, 0.3) is 0 Å². The van der Waals surface area contributed by atoms with Crippen LogP contribution < -0.4 is 10.6 Å². The van der Waals surface area contributed by atoms with E-state index in [2.05, 4.69) is 10.6 Å².